The first-order valence-corrected chi connectivity index (χ1v) is 8.41. The molecule has 102 valence electrons. The molecule has 1 unspecified atom stereocenters. The van der Waals surface area contributed by atoms with Gasteiger partial charge in [-0.2, -0.15) is 0 Å². The summed E-state index contributed by atoms with van der Waals surface area (Å²) in [5, 5.41) is 4.31. The Morgan fingerprint density at radius 2 is 1.80 bits per heavy atom. The lowest BCUT2D eigenvalue weighted by molar-refractivity contribution is 0.833. The van der Waals surface area contributed by atoms with Crippen LogP contribution in [-0.2, 0) is 0 Å². The highest BCUT2D eigenvalue weighted by molar-refractivity contribution is 14.1. The van der Waals surface area contributed by atoms with Crippen LogP contribution in [0, 0.1) is 0 Å². The average Bonchev–Trinajstić information content (AvgIpc) is 2.67. The van der Waals surface area contributed by atoms with Crippen LogP contribution in [0.5, 0.6) is 0 Å². The minimum absolute atomic E-state index is 0.358. The molecule has 0 fully saturated rings. The van der Waals surface area contributed by atoms with Gasteiger partial charge in [0, 0.05) is 26.3 Å². The molecule has 0 spiro atoms. The Kier molecular flexibility index (Phi) is 4.27. The molecule has 1 N–H and O–H groups in total. The molecule has 0 amide bonds. The minimum atomic E-state index is 0.358. The smallest absolute Gasteiger partial charge is 0.0755 e. The van der Waals surface area contributed by atoms with Crippen molar-refractivity contribution in [3.05, 3.63) is 64.7 Å². The fourth-order valence-corrected chi connectivity index (χ4v) is 3.06. The van der Waals surface area contributed by atoms with E-state index in [4.69, 9.17) is 16.6 Å². The lowest BCUT2D eigenvalue weighted by atomic mass is 10.0. The van der Waals surface area contributed by atoms with Crippen LogP contribution in [-0.4, -0.2) is 22.7 Å². The van der Waals surface area contributed by atoms with Crippen molar-refractivity contribution in [2.45, 2.75) is 6.04 Å². The molecule has 1 aliphatic rings. The highest BCUT2D eigenvalue weighted by Crippen LogP contribution is 2.27. The third-order valence-electron chi connectivity index (χ3n) is 3.33. The van der Waals surface area contributed by atoms with E-state index in [1.807, 2.05) is 36.4 Å². The summed E-state index contributed by atoms with van der Waals surface area (Å²) < 4.78 is 1.02. The molecule has 1 aliphatic heterocycles. The summed E-state index contributed by atoms with van der Waals surface area (Å²) >= 11 is 8.74. The lowest BCUT2D eigenvalue weighted by Crippen LogP contribution is -2.23. The second kappa shape index (κ2) is 6.14. The number of fused-ring (bicyclic) bond motifs is 1. The first-order valence-electron chi connectivity index (χ1n) is 6.51. The SMILES string of the molecule is Clc1ccccc1C1=NCC(CI)Nc2ccccc21. The molecule has 0 radical (unpaired) electrons. The van der Waals surface area contributed by atoms with Crippen molar-refractivity contribution in [3.63, 3.8) is 0 Å². The van der Waals surface area contributed by atoms with Gasteiger partial charge in [0.2, 0.25) is 0 Å². The molecule has 1 heterocycles. The number of rotatable bonds is 2. The Morgan fingerprint density at radius 1 is 1.10 bits per heavy atom. The van der Waals surface area contributed by atoms with E-state index in [1.54, 1.807) is 0 Å². The van der Waals surface area contributed by atoms with Crippen LogP contribution < -0.4 is 5.32 Å². The number of aliphatic imine (C=N–C) groups is 1. The number of benzodiazepines with no additional fused rings is 1. The summed E-state index contributed by atoms with van der Waals surface area (Å²) in [6, 6.07) is 16.5. The van der Waals surface area contributed by atoms with Crippen LogP contribution in [0.4, 0.5) is 5.69 Å². The van der Waals surface area contributed by atoms with Gasteiger partial charge in [0.25, 0.3) is 0 Å². The highest BCUT2D eigenvalue weighted by Gasteiger charge is 2.19. The van der Waals surface area contributed by atoms with Crippen molar-refractivity contribution in [2.75, 3.05) is 16.3 Å². The molecule has 4 heteroatoms. The maximum absolute atomic E-state index is 6.34. The Hall–Kier alpha value is -1.07. The number of hydrogen-bond acceptors (Lipinski definition) is 2. The van der Waals surface area contributed by atoms with Crippen LogP contribution in [0.2, 0.25) is 5.02 Å². The third-order valence-corrected chi connectivity index (χ3v) is 4.72. The van der Waals surface area contributed by atoms with E-state index in [1.165, 1.54) is 0 Å². The molecule has 0 saturated heterocycles. The summed E-state index contributed by atoms with van der Waals surface area (Å²) in [5.41, 5.74) is 4.22. The van der Waals surface area contributed by atoms with E-state index in [0.717, 1.165) is 38.5 Å². The maximum Gasteiger partial charge on any atom is 0.0755 e. The quantitative estimate of drug-likeness (QED) is 0.590. The summed E-state index contributed by atoms with van der Waals surface area (Å²) in [4.78, 5) is 4.81. The van der Waals surface area contributed by atoms with Gasteiger partial charge < -0.3 is 5.32 Å². The van der Waals surface area contributed by atoms with Crippen molar-refractivity contribution < 1.29 is 0 Å². The van der Waals surface area contributed by atoms with E-state index >= 15 is 0 Å². The fraction of sp³-hybridized carbons (Fsp3) is 0.188. The Balaban J connectivity index is 2.15. The van der Waals surface area contributed by atoms with Gasteiger partial charge >= 0.3 is 0 Å². The molecule has 0 aromatic heterocycles. The molecular weight excluding hydrogens is 383 g/mol. The molecule has 0 saturated carbocycles. The largest absolute Gasteiger partial charge is 0.379 e. The summed E-state index contributed by atoms with van der Waals surface area (Å²) in [7, 11) is 0. The predicted octanol–water partition coefficient (Wildman–Crippen LogP) is 4.41. The van der Waals surface area contributed by atoms with E-state index in [0.29, 0.717) is 6.04 Å². The second-order valence-electron chi connectivity index (χ2n) is 4.71. The van der Waals surface area contributed by atoms with Crippen LogP contribution in [0.3, 0.4) is 0 Å². The number of nitrogens with zero attached hydrogens (tertiary/aromatic N) is 1. The first kappa shape index (κ1) is 13.9. The van der Waals surface area contributed by atoms with Crippen LogP contribution in [0.25, 0.3) is 0 Å². The molecule has 0 bridgehead atoms. The normalized spacial score (nSPS) is 17.7. The van der Waals surface area contributed by atoms with Crippen molar-refractivity contribution in [2.24, 2.45) is 4.99 Å². The van der Waals surface area contributed by atoms with Crippen LogP contribution in [0.1, 0.15) is 11.1 Å². The van der Waals surface area contributed by atoms with Gasteiger partial charge in [-0.3, -0.25) is 4.99 Å². The average molecular weight is 397 g/mol. The number of benzene rings is 2. The molecular formula is C16H14ClIN2. The first-order chi connectivity index (χ1) is 9.79. The van der Waals surface area contributed by atoms with Gasteiger partial charge in [0.15, 0.2) is 0 Å². The summed E-state index contributed by atoms with van der Waals surface area (Å²) in [6.45, 7) is 0.762. The van der Waals surface area contributed by atoms with Gasteiger partial charge in [0.1, 0.15) is 0 Å². The van der Waals surface area contributed by atoms with E-state index in [2.05, 4.69) is 40.0 Å². The van der Waals surface area contributed by atoms with Gasteiger partial charge in [-0.15, -0.1) is 0 Å². The molecule has 2 aromatic rings. The van der Waals surface area contributed by atoms with Crippen molar-refractivity contribution in [3.8, 4) is 0 Å². The van der Waals surface area contributed by atoms with Crippen molar-refractivity contribution >= 4 is 45.6 Å². The monoisotopic (exact) mass is 396 g/mol. The Labute approximate surface area is 137 Å². The van der Waals surface area contributed by atoms with Crippen molar-refractivity contribution in [1.82, 2.24) is 0 Å². The van der Waals surface area contributed by atoms with E-state index < -0.39 is 0 Å². The molecule has 20 heavy (non-hydrogen) atoms. The molecule has 2 aromatic carbocycles. The Bertz CT molecular complexity index is 654. The van der Waals surface area contributed by atoms with Gasteiger partial charge in [-0.05, 0) is 12.1 Å². The van der Waals surface area contributed by atoms with Gasteiger partial charge in [-0.1, -0.05) is 70.6 Å². The number of nitrogens with one attached hydrogen (secondary N) is 1. The predicted molar refractivity (Wildman–Crippen MR) is 94.7 cm³/mol. The highest BCUT2D eigenvalue weighted by atomic mass is 127. The summed E-state index contributed by atoms with van der Waals surface area (Å²) in [6.07, 6.45) is 0. The fourth-order valence-electron chi connectivity index (χ4n) is 2.34. The topological polar surface area (TPSA) is 24.4 Å². The van der Waals surface area contributed by atoms with E-state index in [-0.39, 0.29) is 0 Å². The molecule has 1 atom stereocenters. The number of anilines is 1. The summed E-state index contributed by atoms with van der Waals surface area (Å²) in [5.74, 6) is 0. The molecule has 2 nitrogen and oxygen atoms in total. The van der Waals surface area contributed by atoms with Crippen molar-refractivity contribution in [1.29, 1.82) is 0 Å². The standard InChI is InChI=1S/C16H14ClIN2/c17-14-7-3-1-5-12(14)16-13-6-2-4-8-15(13)20-11(9-18)10-19-16/h1-8,11,20H,9-10H2. The van der Waals surface area contributed by atoms with Gasteiger partial charge in [0.05, 0.1) is 18.3 Å². The second-order valence-corrected chi connectivity index (χ2v) is 6.00. The number of alkyl halides is 1. The minimum Gasteiger partial charge on any atom is -0.379 e. The van der Waals surface area contributed by atoms with Gasteiger partial charge in [-0.25, -0.2) is 0 Å². The van der Waals surface area contributed by atoms with Crippen LogP contribution in [0.15, 0.2) is 53.5 Å². The number of para-hydroxylation sites is 1. The zero-order valence-electron chi connectivity index (χ0n) is 10.8. The molecule has 0 aliphatic carbocycles. The number of halogens is 2. The van der Waals surface area contributed by atoms with E-state index in [9.17, 15) is 0 Å². The zero-order valence-corrected chi connectivity index (χ0v) is 13.7. The zero-order chi connectivity index (χ0) is 13.9. The third kappa shape index (κ3) is 2.69. The number of hydrogen-bond donors (Lipinski definition) is 1. The van der Waals surface area contributed by atoms with Crippen LogP contribution >= 0.6 is 34.2 Å². The lowest BCUT2D eigenvalue weighted by Gasteiger charge is -2.14. The Morgan fingerprint density at radius 3 is 2.55 bits per heavy atom. The molecule has 3 rings (SSSR count). The maximum atomic E-state index is 6.34.